The van der Waals surface area contributed by atoms with Gasteiger partial charge in [-0.1, -0.05) is 6.08 Å². The number of fused-ring (bicyclic) bond motifs is 1. The van der Waals surface area contributed by atoms with Crippen LogP contribution in [0, 0.1) is 0 Å². The van der Waals surface area contributed by atoms with Crippen LogP contribution in [-0.2, 0) is 4.79 Å². The highest BCUT2D eigenvalue weighted by molar-refractivity contribution is 5.98. The van der Waals surface area contributed by atoms with E-state index in [4.69, 9.17) is 4.74 Å². The number of amides is 1. The van der Waals surface area contributed by atoms with Crippen molar-refractivity contribution in [3.63, 3.8) is 0 Å². The van der Waals surface area contributed by atoms with E-state index < -0.39 is 0 Å². The summed E-state index contributed by atoms with van der Waals surface area (Å²) in [5.74, 6) is 0.571. The molecule has 1 amide bonds. The zero-order valence-electron chi connectivity index (χ0n) is 11.4. The molecule has 0 atom stereocenters. The number of methoxy groups -OCH3 is 1. The fraction of sp³-hybridized carbons (Fsp3) is 0.429. The average molecular weight is 246 g/mol. The molecule has 0 radical (unpaired) electrons. The van der Waals surface area contributed by atoms with Crippen molar-refractivity contribution in [2.75, 3.05) is 12.0 Å². The number of pyridine rings is 1. The Balaban J connectivity index is 2.65. The molecule has 0 aliphatic carbocycles. The Labute approximate surface area is 107 Å². The Bertz CT molecular complexity index is 533. The number of aromatic nitrogens is 1. The van der Waals surface area contributed by atoms with Crippen LogP contribution in [0.4, 0.5) is 5.69 Å². The lowest BCUT2D eigenvalue weighted by Crippen LogP contribution is -2.48. The van der Waals surface area contributed by atoms with E-state index in [9.17, 15) is 4.79 Å². The van der Waals surface area contributed by atoms with E-state index in [0.29, 0.717) is 5.88 Å². The van der Waals surface area contributed by atoms with E-state index >= 15 is 0 Å². The van der Waals surface area contributed by atoms with E-state index in [2.05, 4.69) is 11.1 Å². The molecule has 0 saturated heterocycles. The molecule has 1 aromatic heterocycles. The molecule has 96 valence electrons. The van der Waals surface area contributed by atoms with Gasteiger partial charge in [0.1, 0.15) is 0 Å². The highest BCUT2D eigenvalue weighted by Gasteiger charge is 2.34. The SMILES string of the molecule is COc1ccc2c(n1)C(C)=CC(C)(C)N2C(C)=O. The summed E-state index contributed by atoms with van der Waals surface area (Å²) >= 11 is 0. The van der Waals surface area contributed by atoms with Crippen molar-refractivity contribution >= 4 is 17.2 Å². The largest absolute Gasteiger partial charge is 0.481 e. The predicted octanol–water partition coefficient (Wildman–Crippen LogP) is 2.64. The van der Waals surface area contributed by atoms with E-state index in [1.807, 2.05) is 26.8 Å². The van der Waals surface area contributed by atoms with Gasteiger partial charge in [-0.25, -0.2) is 4.98 Å². The van der Waals surface area contributed by atoms with Gasteiger partial charge >= 0.3 is 0 Å². The number of hydrogen-bond acceptors (Lipinski definition) is 3. The van der Waals surface area contributed by atoms with Crippen LogP contribution in [0.2, 0.25) is 0 Å². The summed E-state index contributed by atoms with van der Waals surface area (Å²) in [6.07, 6.45) is 2.06. The van der Waals surface area contributed by atoms with Crippen LogP contribution in [0.25, 0.3) is 5.57 Å². The molecule has 2 rings (SSSR count). The van der Waals surface area contributed by atoms with E-state index in [0.717, 1.165) is 17.0 Å². The fourth-order valence-corrected chi connectivity index (χ4v) is 2.57. The van der Waals surface area contributed by atoms with Gasteiger partial charge in [0.25, 0.3) is 0 Å². The Hall–Kier alpha value is -1.84. The van der Waals surface area contributed by atoms with Crippen LogP contribution < -0.4 is 9.64 Å². The standard InChI is InChI=1S/C14H18N2O2/c1-9-8-14(3,4)16(10(2)17)11-6-7-12(18-5)15-13(9)11/h6-8H,1-5H3. The van der Waals surface area contributed by atoms with Gasteiger partial charge in [0, 0.05) is 13.0 Å². The second-order valence-corrected chi connectivity index (χ2v) is 5.06. The lowest BCUT2D eigenvalue weighted by Gasteiger charge is -2.40. The molecule has 0 bridgehead atoms. The third-order valence-corrected chi connectivity index (χ3v) is 3.13. The smallest absolute Gasteiger partial charge is 0.224 e. The van der Waals surface area contributed by atoms with Crippen LogP contribution in [0.3, 0.4) is 0 Å². The molecule has 1 aliphatic heterocycles. The first-order chi connectivity index (χ1) is 8.36. The highest BCUT2D eigenvalue weighted by Crippen LogP contribution is 2.38. The minimum Gasteiger partial charge on any atom is -0.481 e. The lowest BCUT2D eigenvalue weighted by atomic mass is 9.91. The Morgan fingerprint density at radius 3 is 2.61 bits per heavy atom. The molecule has 0 aromatic carbocycles. The van der Waals surface area contributed by atoms with Gasteiger partial charge in [-0.15, -0.1) is 0 Å². The van der Waals surface area contributed by atoms with Gasteiger partial charge in [-0.3, -0.25) is 4.79 Å². The topological polar surface area (TPSA) is 42.4 Å². The maximum absolute atomic E-state index is 11.9. The molecule has 0 fully saturated rings. The number of allylic oxidation sites excluding steroid dienone is 1. The van der Waals surface area contributed by atoms with Gasteiger partial charge in [0.2, 0.25) is 11.8 Å². The van der Waals surface area contributed by atoms with Crippen molar-refractivity contribution < 1.29 is 9.53 Å². The number of hydrogen-bond donors (Lipinski definition) is 0. The summed E-state index contributed by atoms with van der Waals surface area (Å²) < 4.78 is 5.13. The Morgan fingerprint density at radius 1 is 1.39 bits per heavy atom. The molecule has 0 unspecified atom stereocenters. The molecule has 4 heteroatoms. The van der Waals surface area contributed by atoms with E-state index in [-0.39, 0.29) is 11.4 Å². The maximum Gasteiger partial charge on any atom is 0.224 e. The molecular weight excluding hydrogens is 228 g/mol. The summed E-state index contributed by atoms with van der Waals surface area (Å²) in [6.45, 7) is 7.62. The van der Waals surface area contributed by atoms with E-state index in [1.165, 1.54) is 0 Å². The molecule has 1 aliphatic rings. The molecule has 0 saturated carbocycles. The third-order valence-electron chi connectivity index (χ3n) is 3.13. The first kappa shape index (κ1) is 12.6. The van der Waals surface area contributed by atoms with Crippen LogP contribution in [-0.4, -0.2) is 23.5 Å². The number of ether oxygens (including phenoxy) is 1. The van der Waals surface area contributed by atoms with E-state index in [1.54, 1.807) is 25.0 Å². The van der Waals surface area contributed by atoms with Gasteiger partial charge in [0.15, 0.2) is 0 Å². The molecule has 18 heavy (non-hydrogen) atoms. The fourth-order valence-electron chi connectivity index (χ4n) is 2.57. The maximum atomic E-state index is 11.9. The summed E-state index contributed by atoms with van der Waals surface area (Å²) in [5, 5.41) is 0. The number of rotatable bonds is 1. The van der Waals surface area contributed by atoms with Crippen molar-refractivity contribution in [3.05, 3.63) is 23.9 Å². The monoisotopic (exact) mass is 246 g/mol. The summed E-state index contributed by atoms with van der Waals surface area (Å²) in [5.41, 5.74) is 2.38. The number of anilines is 1. The molecule has 0 N–H and O–H groups in total. The average Bonchev–Trinajstić information content (AvgIpc) is 2.26. The molecule has 0 spiro atoms. The van der Waals surface area contributed by atoms with Crippen molar-refractivity contribution in [3.8, 4) is 5.88 Å². The lowest BCUT2D eigenvalue weighted by molar-refractivity contribution is -0.117. The molecule has 1 aromatic rings. The van der Waals surface area contributed by atoms with Crippen molar-refractivity contribution in [2.45, 2.75) is 33.2 Å². The summed E-state index contributed by atoms with van der Waals surface area (Å²) in [4.78, 5) is 18.1. The zero-order valence-corrected chi connectivity index (χ0v) is 11.4. The zero-order chi connectivity index (χ0) is 13.5. The van der Waals surface area contributed by atoms with Crippen LogP contribution in [0.15, 0.2) is 18.2 Å². The third kappa shape index (κ3) is 1.88. The van der Waals surface area contributed by atoms with Crippen molar-refractivity contribution in [2.24, 2.45) is 0 Å². The number of carbonyl (C=O) groups excluding carboxylic acids is 1. The number of carbonyl (C=O) groups is 1. The van der Waals surface area contributed by atoms with Gasteiger partial charge < -0.3 is 9.64 Å². The van der Waals surface area contributed by atoms with Gasteiger partial charge in [-0.05, 0) is 32.4 Å². The first-order valence-electron chi connectivity index (χ1n) is 5.92. The first-order valence-corrected chi connectivity index (χ1v) is 5.92. The molecule has 4 nitrogen and oxygen atoms in total. The quantitative estimate of drug-likeness (QED) is 0.765. The summed E-state index contributed by atoms with van der Waals surface area (Å²) in [7, 11) is 1.59. The van der Waals surface area contributed by atoms with Crippen LogP contribution in [0.1, 0.15) is 33.4 Å². The number of nitrogens with zero attached hydrogens (tertiary/aromatic N) is 2. The van der Waals surface area contributed by atoms with Crippen LogP contribution in [0.5, 0.6) is 5.88 Å². The second kappa shape index (κ2) is 4.12. The summed E-state index contributed by atoms with van der Waals surface area (Å²) in [6, 6.07) is 3.67. The second-order valence-electron chi connectivity index (χ2n) is 5.06. The van der Waals surface area contributed by atoms with Crippen LogP contribution >= 0.6 is 0 Å². The Morgan fingerprint density at radius 2 is 2.06 bits per heavy atom. The molecular formula is C14H18N2O2. The Kier molecular flexibility index (Phi) is 2.89. The van der Waals surface area contributed by atoms with Crippen molar-refractivity contribution in [1.82, 2.24) is 4.98 Å². The highest BCUT2D eigenvalue weighted by atomic mass is 16.5. The minimum atomic E-state index is -0.334. The van der Waals surface area contributed by atoms with Crippen molar-refractivity contribution in [1.29, 1.82) is 0 Å². The normalized spacial score (nSPS) is 16.9. The predicted molar refractivity (Wildman–Crippen MR) is 71.7 cm³/mol. The minimum absolute atomic E-state index is 0.0111. The van der Waals surface area contributed by atoms with Gasteiger partial charge in [0.05, 0.1) is 24.0 Å². The molecule has 2 heterocycles. The van der Waals surface area contributed by atoms with Gasteiger partial charge in [-0.2, -0.15) is 0 Å².